The average Bonchev–Trinajstić information content (AvgIpc) is 2.33. The fourth-order valence-corrected chi connectivity index (χ4v) is 2.24. The van der Waals surface area contributed by atoms with Gasteiger partial charge >= 0.3 is 5.97 Å². The monoisotopic (exact) mass is 239 g/mol. The van der Waals surface area contributed by atoms with Gasteiger partial charge in [0.15, 0.2) is 0 Å². The molecule has 0 aromatic carbocycles. The fourth-order valence-electron chi connectivity index (χ4n) is 2.24. The Balaban J connectivity index is 2.34. The lowest BCUT2D eigenvalue weighted by atomic mass is 9.93. The number of carbonyl (C=O) groups is 2. The molecule has 4 heteroatoms. The molecule has 4 nitrogen and oxygen atoms in total. The van der Waals surface area contributed by atoms with Crippen LogP contribution in [0.25, 0.3) is 0 Å². The first-order valence-electron chi connectivity index (χ1n) is 6.24. The third kappa shape index (κ3) is 5.02. The lowest BCUT2D eigenvalue weighted by Gasteiger charge is -2.32. The summed E-state index contributed by atoms with van der Waals surface area (Å²) in [4.78, 5) is 24.2. The van der Waals surface area contributed by atoms with Gasteiger partial charge in [-0.2, -0.15) is 0 Å². The smallest absolute Gasteiger partial charge is 0.303 e. The van der Waals surface area contributed by atoms with E-state index in [4.69, 9.17) is 5.11 Å². The zero-order valence-corrected chi connectivity index (χ0v) is 10.2. The Morgan fingerprint density at radius 1 is 1.41 bits per heavy atom. The highest BCUT2D eigenvalue weighted by Gasteiger charge is 2.23. The summed E-state index contributed by atoms with van der Waals surface area (Å²) in [6.45, 7) is 5.15. The molecule has 1 N–H and O–H groups in total. The first kappa shape index (κ1) is 13.7. The number of carboxylic acid groups (broad SMARTS) is 1. The Bertz CT molecular complexity index is 288. The number of nitrogens with zero attached hydrogens (tertiary/aromatic N) is 1. The van der Waals surface area contributed by atoms with Crippen LogP contribution in [0.2, 0.25) is 0 Å². The molecule has 1 fully saturated rings. The number of aliphatic carboxylic acids is 1. The summed E-state index contributed by atoms with van der Waals surface area (Å²) in [5.74, 6) is -0.224. The van der Waals surface area contributed by atoms with Crippen LogP contribution in [-0.4, -0.2) is 35.0 Å². The standard InChI is InChI=1S/C13H21NO3/c1-2-3-6-12(15)14-9-4-5-11(10-14)7-8-13(16)17/h2,11H,1,3-10H2,(H,16,17)/t11-/m0/s1. The van der Waals surface area contributed by atoms with Gasteiger partial charge in [0.2, 0.25) is 5.91 Å². The van der Waals surface area contributed by atoms with Gasteiger partial charge in [0.1, 0.15) is 0 Å². The number of carboxylic acids is 1. The topological polar surface area (TPSA) is 57.6 Å². The van der Waals surface area contributed by atoms with Crippen LogP contribution in [0.4, 0.5) is 0 Å². The molecule has 0 aromatic rings. The van der Waals surface area contributed by atoms with Crippen molar-refractivity contribution in [1.82, 2.24) is 4.90 Å². The van der Waals surface area contributed by atoms with Crippen LogP contribution in [0.1, 0.15) is 38.5 Å². The van der Waals surface area contributed by atoms with E-state index in [2.05, 4.69) is 6.58 Å². The number of hydrogen-bond acceptors (Lipinski definition) is 2. The number of likely N-dealkylation sites (tertiary alicyclic amines) is 1. The number of piperidine rings is 1. The van der Waals surface area contributed by atoms with E-state index in [-0.39, 0.29) is 12.3 Å². The summed E-state index contributed by atoms with van der Waals surface area (Å²) in [6.07, 6.45) is 5.91. The van der Waals surface area contributed by atoms with Crippen LogP contribution >= 0.6 is 0 Å². The molecule has 0 saturated carbocycles. The van der Waals surface area contributed by atoms with Crippen molar-refractivity contribution in [2.24, 2.45) is 5.92 Å². The second-order valence-corrected chi connectivity index (χ2v) is 4.61. The van der Waals surface area contributed by atoms with E-state index < -0.39 is 5.97 Å². The highest BCUT2D eigenvalue weighted by Crippen LogP contribution is 2.21. The van der Waals surface area contributed by atoms with E-state index in [0.717, 1.165) is 32.4 Å². The minimum Gasteiger partial charge on any atom is -0.481 e. The quantitative estimate of drug-likeness (QED) is 0.722. The molecule has 1 atom stereocenters. The molecule has 1 rings (SSSR count). The predicted molar refractivity (Wildman–Crippen MR) is 65.6 cm³/mol. The molecular formula is C13H21NO3. The Labute approximate surface area is 102 Å². The SMILES string of the molecule is C=CCCC(=O)N1CCC[C@@H](CCC(=O)O)C1. The summed E-state index contributed by atoms with van der Waals surface area (Å²) in [5.41, 5.74) is 0. The molecule has 0 radical (unpaired) electrons. The maximum atomic E-state index is 11.8. The maximum Gasteiger partial charge on any atom is 0.303 e. The lowest BCUT2D eigenvalue weighted by Crippen LogP contribution is -2.39. The van der Waals surface area contributed by atoms with Crippen LogP contribution in [0.15, 0.2) is 12.7 Å². The first-order chi connectivity index (χ1) is 8.13. The predicted octanol–water partition coefficient (Wildman–Crippen LogP) is 2.06. The van der Waals surface area contributed by atoms with Gasteiger partial charge in [-0.15, -0.1) is 6.58 Å². The normalized spacial score (nSPS) is 20.0. The van der Waals surface area contributed by atoms with Crippen LogP contribution in [0.5, 0.6) is 0 Å². The summed E-state index contributed by atoms with van der Waals surface area (Å²) in [5, 5.41) is 8.64. The van der Waals surface area contributed by atoms with Gasteiger partial charge < -0.3 is 10.0 Å². The van der Waals surface area contributed by atoms with Gasteiger partial charge in [-0.3, -0.25) is 9.59 Å². The largest absolute Gasteiger partial charge is 0.481 e. The third-order valence-corrected chi connectivity index (χ3v) is 3.20. The van der Waals surface area contributed by atoms with E-state index in [1.165, 1.54) is 0 Å². The Morgan fingerprint density at radius 2 is 2.18 bits per heavy atom. The molecule has 1 heterocycles. The molecule has 0 spiro atoms. The molecule has 1 aliphatic rings. The number of amides is 1. The molecule has 0 aromatic heterocycles. The molecule has 17 heavy (non-hydrogen) atoms. The highest BCUT2D eigenvalue weighted by molar-refractivity contribution is 5.76. The van der Waals surface area contributed by atoms with Crippen molar-refractivity contribution in [3.63, 3.8) is 0 Å². The van der Waals surface area contributed by atoms with Crippen molar-refractivity contribution in [1.29, 1.82) is 0 Å². The van der Waals surface area contributed by atoms with Crippen molar-refractivity contribution in [2.75, 3.05) is 13.1 Å². The van der Waals surface area contributed by atoms with Gasteiger partial charge in [0.05, 0.1) is 0 Å². The second-order valence-electron chi connectivity index (χ2n) is 4.61. The maximum absolute atomic E-state index is 11.8. The van der Waals surface area contributed by atoms with Crippen molar-refractivity contribution in [3.8, 4) is 0 Å². The first-order valence-corrected chi connectivity index (χ1v) is 6.24. The summed E-state index contributed by atoms with van der Waals surface area (Å²) in [7, 11) is 0. The number of hydrogen-bond donors (Lipinski definition) is 1. The second kappa shape index (κ2) is 7.09. The van der Waals surface area contributed by atoms with E-state index in [1.807, 2.05) is 4.90 Å². The van der Waals surface area contributed by atoms with E-state index in [1.54, 1.807) is 6.08 Å². The van der Waals surface area contributed by atoms with Crippen molar-refractivity contribution >= 4 is 11.9 Å². The Hall–Kier alpha value is -1.32. The van der Waals surface area contributed by atoms with Crippen molar-refractivity contribution < 1.29 is 14.7 Å². The van der Waals surface area contributed by atoms with E-state index in [9.17, 15) is 9.59 Å². The number of carbonyl (C=O) groups excluding carboxylic acids is 1. The molecular weight excluding hydrogens is 218 g/mol. The number of rotatable bonds is 6. The molecule has 0 bridgehead atoms. The summed E-state index contributed by atoms with van der Waals surface area (Å²) in [6, 6.07) is 0. The highest BCUT2D eigenvalue weighted by atomic mass is 16.4. The van der Waals surface area contributed by atoms with Gasteiger partial charge in [0, 0.05) is 25.9 Å². The zero-order valence-electron chi connectivity index (χ0n) is 10.2. The van der Waals surface area contributed by atoms with Gasteiger partial charge in [-0.25, -0.2) is 0 Å². The summed E-state index contributed by atoms with van der Waals surface area (Å²) < 4.78 is 0. The van der Waals surface area contributed by atoms with Crippen LogP contribution < -0.4 is 0 Å². The minimum absolute atomic E-state index is 0.171. The average molecular weight is 239 g/mol. The Kier molecular flexibility index (Phi) is 5.73. The van der Waals surface area contributed by atoms with E-state index in [0.29, 0.717) is 18.8 Å². The lowest BCUT2D eigenvalue weighted by molar-refractivity contribution is -0.137. The molecule has 96 valence electrons. The fraction of sp³-hybridized carbons (Fsp3) is 0.692. The molecule has 0 unspecified atom stereocenters. The number of allylic oxidation sites excluding steroid dienone is 1. The molecule has 1 aliphatic heterocycles. The Morgan fingerprint density at radius 3 is 2.82 bits per heavy atom. The summed E-state index contributed by atoms with van der Waals surface area (Å²) >= 11 is 0. The van der Waals surface area contributed by atoms with Gasteiger partial charge in [-0.05, 0) is 31.6 Å². The van der Waals surface area contributed by atoms with Crippen molar-refractivity contribution in [3.05, 3.63) is 12.7 Å². The van der Waals surface area contributed by atoms with Crippen molar-refractivity contribution in [2.45, 2.75) is 38.5 Å². The zero-order chi connectivity index (χ0) is 12.7. The van der Waals surface area contributed by atoms with Crippen LogP contribution in [0, 0.1) is 5.92 Å². The molecule has 0 aliphatic carbocycles. The van der Waals surface area contributed by atoms with Crippen LogP contribution in [0.3, 0.4) is 0 Å². The minimum atomic E-state index is -0.750. The van der Waals surface area contributed by atoms with Gasteiger partial charge in [-0.1, -0.05) is 6.08 Å². The van der Waals surface area contributed by atoms with Crippen LogP contribution in [-0.2, 0) is 9.59 Å². The van der Waals surface area contributed by atoms with Gasteiger partial charge in [0.25, 0.3) is 0 Å². The molecule has 1 amide bonds. The third-order valence-electron chi connectivity index (χ3n) is 3.20. The molecule has 1 saturated heterocycles. The van der Waals surface area contributed by atoms with E-state index >= 15 is 0 Å².